The van der Waals surface area contributed by atoms with Crippen LogP contribution in [0.25, 0.3) is 5.70 Å². The zero-order valence-electron chi connectivity index (χ0n) is 16.9. The van der Waals surface area contributed by atoms with E-state index in [0.717, 1.165) is 54.4 Å². The van der Waals surface area contributed by atoms with Gasteiger partial charge in [0.2, 0.25) is 5.96 Å². The molecule has 8 heteroatoms. The van der Waals surface area contributed by atoms with Crippen LogP contribution in [0.2, 0.25) is 5.02 Å². The largest absolute Gasteiger partial charge is 0.478 e. The summed E-state index contributed by atoms with van der Waals surface area (Å²) in [6.45, 7) is 6.56. The topological polar surface area (TPSA) is 81.1 Å². The van der Waals surface area contributed by atoms with Crippen molar-refractivity contribution in [1.29, 1.82) is 0 Å². The van der Waals surface area contributed by atoms with E-state index in [1.165, 1.54) is 12.5 Å². The summed E-state index contributed by atoms with van der Waals surface area (Å²) in [6, 6.07) is 6.85. The molecule has 0 radical (unpaired) electrons. The second-order valence-electron chi connectivity index (χ2n) is 7.48. The lowest BCUT2D eigenvalue weighted by atomic mass is 10.0. The maximum Gasteiger partial charge on any atom is 0.339 e. The van der Waals surface area contributed by atoms with Crippen molar-refractivity contribution in [1.82, 2.24) is 14.8 Å². The first kappa shape index (κ1) is 20.2. The molecule has 2 N–H and O–H groups in total. The van der Waals surface area contributed by atoms with Gasteiger partial charge in [-0.15, -0.1) is 0 Å². The number of pyridine rings is 1. The minimum absolute atomic E-state index is 0.120. The van der Waals surface area contributed by atoms with Crippen LogP contribution in [0.15, 0.2) is 42.0 Å². The quantitative estimate of drug-likeness (QED) is 0.753. The van der Waals surface area contributed by atoms with E-state index < -0.39 is 5.97 Å². The minimum Gasteiger partial charge on any atom is -0.478 e. The smallest absolute Gasteiger partial charge is 0.339 e. The van der Waals surface area contributed by atoms with Gasteiger partial charge in [0.15, 0.2) is 0 Å². The van der Waals surface area contributed by atoms with Gasteiger partial charge < -0.3 is 20.2 Å². The number of likely N-dealkylation sites (tertiary alicyclic amines) is 1. The van der Waals surface area contributed by atoms with E-state index in [1.54, 1.807) is 12.3 Å². The molecule has 2 aliphatic rings. The molecule has 0 bridgehead atoms. The highest BCUT2D eigenvalue weighted by molar-refractivity contribution is 6.31. The number of aromatic carboxylic acids is 1. The van der Waals surface area contributed by atoms with Gasteiger partial charge in [0.05, 0.1) is 5.69 Å². The molecule has 7 nitrogen and oxygen atoms in total. The van der Waals surface area contributed by atoms with E-state index in [0.29, 0.717) is 17.4 Å². The molecular formula is C22H24ClN5O2. The highest BCUT2D eigenvalue weighted by atomic mass is 35.5. The zero-order valence-corrected chi connectivity index (χ0v) is 17.6. The SMILES string of the molecule is C=C1c2cc(Cl)cc(CNc3ncccc3C(=O)O)c2N=C(N2CCCCC2)N1C. The van der Waals surface area contributed by atoms with Gasteiger partial charge >= 0.3 is 5.97 Å². The average molecular weight is 426 g/mol. The highest BCUT2D eigenvalue weighted by Crippen LogP contribution is 2.38. The zero-order chi connectivity index (χ0) is 21.3. The van der Waals surface area contributed by atoms with Gasteiger partial charge in [-0.3, -0.25) is 0 Å². The third kappa shape index (κ3) is 3.85. The molecular weight excluding hydrogens is 402 g/mol. The molecule has 2 aliphatic heterocycles. The molecule has 2 aromatic rings. The Morgan fingerprint density at radius 1 is 1.30 bits per heavy atom. The number of hydrogen-bond donors (Lipinski definition) is 2. The maximum absolute atomic E-state index is 11.5. The Balaban J connectivity index is 1.70. The second kappa shape index (κ2) is 8.36. The summed E-state index contributed by atoms with van der Waals surface area (Å²) in [7, 11) is 1.98. The summed E-state index contributed by atoms with van der Waals surface area (Å²) < 4.78 is 0. The molecule has 0 unspecified atom stereocenters. The Morgan fingerprint density at radius 2 is 2.07 bits per heavy atom. The van der Waals surface area contributed by atoms with Crippen LogP contribution in [0.3, 0.4) is 0 Å². The molecule has 30 heavy (non-hydrogen) atoms. The van der Waals surface area contributed by atoms with E-state index in [4.69, 9.17) is 16.6 Å². The molecule has 0 atom stereocenters. The number of guanidine groups is 1. The first-order chi connectivity index (χ1) is 14.5. The number of aliphatic imine (C=N–C) groups is 1. The lowest BCUT2D eigenvalue weighted by Crippen LogP contribution is -2.45. The van der Waals surface area contributed by atoms with E-state index >= 15 is 0 Å². The number of piperidine rings is 1. The predicted molar refractivity (Wildman–Crippen MR) is 119 cm³/mol. The fraction of sp³-hybridized carbons (Fsp3) is 0.318. The number of halogens is 1. The van der Waals surface area contributed by atoms with E-state index in [-0.39, 0.29) is 5.56 Å². The van der Waals surface area contributed by atoms with Crippen LogP contribution in [0.1, 0.15) is 40.7 Å². The lowest BCUT2D eigenvalue weighted by molar-refractivity contribution is 0.0697. The monoisotopic (exact) mass is 425 g/mol. The number of nitrogens with one attached hydrogen (secondary N) is 1. The molecule has 4 rings (SSSR count). The molecule has 1 fully saturated rings. The standard InChI is InChI=1S/C22H24ClN5O2/c1-14-18-12-16(23)11-15(13-25-20-17(21(29)30)7-6-8-24-20)19(18)26-22(27(14)2)28-9-4-3-5-10-28/h6-8,11-12H,1,3-5,9-10,13H2,2H3,(H,24,25)(H,29,30). The van der Waals surface area contributed by atoms with Crippen LogP contribution >= 0.6 is 11.6 Å². The Bertz CT molecular complexity index is 1030. The molecule has 0 saturated carbocycles. The predicted octanol–water partition coefficient (Wildman–Crippen LogP) is 4.43. The van der Waals surface area contributed by atoms with Crippen molar-refractivity contribution >= 4 is 40.7 Å². The number of nitrogens with zero attached hydrogens (tertiary/aromatic N) is 4. The van der Waals surface area contributed by atoms with Crippen molar-refractivity contribution in [3.05, 3.63) is 58.8 Å². The Morgan fingerprint density at radius 3 is 2.80 bits per heavy atom. The first-order valence-electron chi connectivity index (χ1n) is 9.97. The third-order valence-electron chi connectivity index (χ3n) is 5.50. The van der Waals surface area contributed by atoms with E-state index in [1.807, 2.05) is 24.1 Å². The number of rotatable bonds is 4. The average Bonchev–Trinajstić information content (AvgIpc) is 2.75. The number of carboxylic acid groups (broad SMARTS) is 1. The van der Waals surface area contributed by atoms with Gasteiger partial charge in [-0.05, 0) is 49.1 Å². The van der Waals surface area contributed by atoms with Gasteiger partial charge in [-0.25, -0.2) is 14.8 Å². The normalized spacial score (nSPS) is 16.2. The maximum atomic E-state index is 11.5. The van der Waals surface area contributed by atoms with Crippen LogP contribution < -0.4 is 5.32 Å². The number of hydrogen-bond acceptors (Lipinski definition) is 6. The molecule has 0 amide bonds. The number of fused-ring (bicyclic) bond motifs is 1. The third-order valence-corrected chi connectivity index (χ3v) is 5.72. The van der Waals surface area contributed by atoms with Crippen molar-refractivity contribution in [2.45, 2.75) is 25.8 Å². The summed E-state index contributed by atoms with van der Waals surface area (Å²) in [4.78, 5) is 24.9. The van der Waals surface area contributed by atoms with Crippen molar-refractivity contribution < 1.29 is 9.90 Å². The number of carboxylic acids is 1. The van der Waals surface area contributed by atoms with Crippen molar-refractivity contribution in [2.24, 2.45) is 4.99 Å². The van der Waals surface area contributed by atoms with Crippen LogP contribution in [-0.4, -0.2) is 52.0 Å². The summed E-state index contributed by atoms with van der Waals surface area (Å²) in [5.41, 5.74) is 3.51. The van der Waals surface area contributed by atoms with Gasteiger partial charge in [0.1, 0.15) is 11.4 Å². The minimum atomic E-state index is -1.03. The highest BCUT2D eigenvalue weighted by Gasteiger charge is 2.28. The van der Waals surface area contributed by atoms with Crippen molar-refractivity contribution in [3.63, 3.8) is 0 Å². The summed E-state index contributed by atoms with van der Waals surface area (Å²) in [5, 5.41) is 13.1. The van der Waals surface area contributed by atoms with Gasteiger partial charge in [-0.2, -0.15) is 0 Å². The molecule has 156 valence electrons. The summed E-state index contributed by atoms with van der Waals surface area (Å²) >= 11 is 6.39. The molecule has 1 aromatic heterocycles. The lowest BCUT2D eigenvalue weighted by Gasteiger charge is -2.38. The number of carbonyl (C=O) groups is 1. The van der Waals surface area contributed by atoms with Crippen LogP contribution in [0, 0.1) is 0 Å². The molecule has 1 saturated heterocycles. The van der Waals surface area contributed by atoms with Crippen LogP contribution in [-0.2, 0) is 6.54 Å². The van der Waals surface area contributed by atoms with Gasteiger partial charge in [0.25, 0.3) is 0 Å². The molecule has 3 heterocycles. The first-order valence-corrected chi connectivity index (χ1v) is 10.3. The Labute approximate surface area is 180 Å². The van der Waals surface area contributed by atoms with Crippen LogP contribution in [0.4, 0.5) is 11.5 Å². The van der Waals surface area contributed by atoms with Gasteiger partial charge in [-0.1, -0.05) is 18.2 Å². The summed E-state index contributed by atoms with van der Waals surface area (Å²) in [6.07, 6.45) is 5.11. The number of anilines is 1. The van der Waals surface area contributed by atoms with Crippen molar-refractivity contribution in [2.75, 3.05) is 25.5 Å². The van der Waals surface area contributed by atoms with Gasteiger partial charge in [0, 0.05) is 49.2 Å². The molecule has 1 aromatic carbocycles. The Hall–Kier alpha value is -3.06. The number of benzene rings is 1. The second-order valence-corrected chi connectivity index (χ2v) is 7.92. The van der Waals surface area contributed by atoms with Crippen molar-refractivity contribution in [3.8, 4) is 0 Å². The number of aromatic nitrogens is 1. The fourth-order valence-electron chi connectivity index (χ4n) is 3.89. The fourth-order valence-corrected chi connectivity index (χ4v) is 4.13. The summed E-state index contributed by atoms with van der Waals surface area (Å²) in [5.74, 6) is 0.171. The molecule has 0 spiro atoms. The van der Waals surface area contributed by atoms with E-state index in [9.17, 15) is 9.90 Å². The molecule has 0 aliphatic carbocycles. The van der Waals surface area contributed by atoms with Crippen LogP contribution in [0.5, 0.6) is 0 Å². The Kier molecular flexibility index (Phi) is 5.63. The van der Waals surface area contributed by atoms with E-state index in [2.05, 4.69) is 21.8 Å².